The lowest BCUT2D eigenvalue weighted by Gasteiger charge is -2.38. The highest BCUT2D eigenvalue weighted by atomic mass is 32.2. The zero-order chi connectivity index (χ0) is 23.1. The molecule has 3 unspecified atom stereocenters. The van der Waals surface area contributed by atoms with Crippen molar-refractivity contribution in [1.82, 2.24) is 14.7 Å². The van der Waals surface area contributed by atoms with Crippen molar-refractivity contribution in [3.05, 3.63) is 17.5 Å². The smallest absolute Gasteiger partial charge is 0.300 e. The topological polar surface area (TPSA) is 38.1 Å². The highest BCUT2D eigenvalue weighted by Crippen LogP contribution is 2.64. The van der Waals surface area contributed by atoms with Gasteiger partial charge in [-0.05, 0) is 83.2 Å². The van der Waals surface area contributed by atoms with Crippen LogP contribution in [0.5, 0.6) is 0 Å². The molecule has 33 heavy (non-hydrogen) atoms. The van der Waals surface area contributed by atoms with Crippen molar-refractivity contribution in [2.75, 3.05) is 24.6 Å². The molecule has 0 bridgehead atoms. The molecule has 184 valence electrons. The summed E-state index contributed by atoms with van der Waals surface area (Å²) in [5, 5.41) is 4.95. The average Bonchev–Trinajstić information content (AvgIpc) is 3.20. The molecule has 6 rings (SSSR count). The molecular weight excluding hydrogens is 447 g/mol. The van der Waals surface area contributed by atoms with Gasteiger partial charge in [0.1, 0.15) is 0 Å². The minimum atomic E-state index is -4.06. The molecule has 3 heterocycles. The van der Waals surface area contributed by atoms with Gasteiger partial charge >= 0.3 is 6.18 Å². The second-order valence-corrected chi connectivity index (χ2v) is 13.5. The van der Waals surface area contributed by atoms with Gasteiger partial charge in [-0.3, -0.25) is 13.8 Å². The van der Waals surface area contributed by atoms with Gasteiger partial charge in [-0.25, -0.2) is 0 Å². The Morgan fingerprint density at radius 2 is 1.79 bits per heavy atom. The summed E-state index contributed by atoms with van der Waals surface area (Å²) in [6.07, 6.45) is 1.33. The van der Waals surface area contributed by atoms with E-state index in [-0.39, 0.29) is 24.8 Å². The molecule has 1 spiro atoms. The Bertz CT molecular complexity index is 916. The quantitative estimate of drug-likeness (QED) is 0.587. The summed E-state index contributed by atoms with van der Waals surface area (Å²) in [6, 6.07) is 3.21. The first-order valence-electron chi connectivity index (χ1n) is 12.9. The van der Waals surface area contributed by atoms with E-state index in [1.54, 1.807) is 0 Å². The minimum absolute atomic E-state index is 0.169. The number of rotatable bonds is 4. The van der Waals surface area contributed by atoms with Crippen molar-refractivity contribution in [3.63, 3.8) is 0 Å². The molecule has 1 aromatic rings. The van der Waals surface area contributed by atoms with E-state index >= 15 is 0 Å². The van der Waals surface area contributed by atoms with E-state index in [9.17, 15) is 17.4 Å². The van der Waals surface area contributed by atoms with Crippen molar-refractivity contribution in [3.8, 4) is 0 Å². The SMILES string of the molecule is CC(C)n1nc(C2CCC(C(F)(F)F)CC2)cc1C1C2CC(N3CCC4(C3)CS(=O)C4)C[C@@H]21. The second kappa shape index (κ2) is 7.81. The fourth-order valence-corrected chi connectivity index (χ4v) is 9.47. The van der Waals surface area contributed by atoms with Crippen LogP contribution in [0.25, 0.3) is 0 Å². The van der Waals surface area contributed by atoms with E-state index < -0.39 is 22.9 Å². The van der Waals surface area contributed by atoms with Crippen molar-refractivity contribution < 1.29 is 17.4 Å². The van der Waals surface area contributed by atoms with Gasteiger partial charge < -0.3 is 0 Å². The van der Waals surface area contributed by atoms with Gasteiger partial charge in [-0.1, -0.05) is 0 Å². The van der Waals surface area contributed by atoms with E-state index in [4.69, 9.17) is 5.10 Å². The van der Waals surface area contributed by atoms with Crippen molar-refractivity contribution in [1.29, 1.82) is 0 Å². The van der Waals surface area contributed by atoms with Crippen LogP contribution < -0.4 is 0 Å². The van der Waals surface area contributed by atoms with E-state index in [1.165, 1.54) is 31.5 Å². The molecule has 2 aliphatic heterocycles. The molecule has 5 fully saturated rings. The lowest BCUT2D eigenvalue weighted by Crippen LogP contribution is -2.47. The summed E-state index contributed by atoms with van der Waals surface area (Å²) in [7, 11) is -0.572. The number of halogens is 3. The van der Waals surface area contributed by atoms with Crippen molar-refractivity contribution >= 4 is 10.8 Å². The van der Waals surface area contributed by atoms with Crippen LogP contribution in [-0.4, -0.2) is 55.7 Å². The molecule has 3 saturated carbocycles. The predicted octanol–water partition coefficient (Wildman–Crippen LogP) is 5.25. The minimum Gasteiger partial charge on any atom is -0.300 e. The molecule has 3 aliphatic carbocycles. The first kappa shape index (κ1) is 22.6. The number of aromatic nitrogens is 2. The standard InChI is InChI=1S/C25H36F3N3OS/c1-15(2)31-22(11-21(29-31)16-3-5-17(6-4-16)25(26,27)28)23-19-9-18(10-20(19)23)30-8-7-24(12-30)13-33(32)14-24/h11,15-20,23H,3-10,12-14H2,1-2H3/t16?,17?,18?,19-,20?,23?,24?,33?/m0/s1. The molecule has 0 amide bonds. The van der Waals surface area contributed by atoms with Gasteiger partial charge in [-0.2, -0.15) is 18.3 Å². The zero-order valence-corrected chi connectivity index (χ0v) is 20.5. The second-order valence-electron chi connectivity index (χ2n) is 12.1. The first-order valence-corrected chi connectivity index (χ1v) is 14.4. The van der Waals surface area contributed by atoms with Crippen LogP contribution >= 0.6 is 0 Å². The Hall–Kier alpha value is -0.890. The zero-order valence-electron chi connectivity index (χ0n) is 19.7. The molecule has 4 nitrogen and oxygen atoms in total. The van der Waals surface area contributed by atoms with Crippen LogP contribution in [0.1, 0.15) is 88.1 Å². The van der Waals surface area contributed by atoms with E-state index in [2.05, 4.69) is 29.5 Å². The summed E-state index contributed by atoms with van der Waals surface area (Å²) in [6.45, 7) is 6.63. The maximum atomic E-state index is 13.1. The number of fused-ring (bicyclic) bond motifs is 1. The van der Waals surface area contributed by atoms with E-state index in [0.717, 1.165) is 35.6 Å². The van der Waals surface area contributed by atoms with Gasteiger partial charge in [0.2, 0.25) is 0 Å². The third-order valence-corrected chi connectivity index (χ3v) is 11.4. The Balaban J connectivity index is 1.10. The van der Waals surface area contributed by atoms with Gasteiger partial charge in [-0.15, -0.1) is 0 Å². The Labute approximate surface area is 197 Å². The molecule has 0 aromatic carbocycles. The lowest BCUT2D eigenvalue weighted by molar-refractivity contribution is -0.182. The van der Waals surface area contributed by atoms with E-state index in [0.29, 0.717) is 30.2 Å². The summed E-state index contributed by atoms with van der Waals surface area (Å²) in [4.78, 5) is 2.68. The largest absolute Gasteiger partial charge is 0.391 e. The third-order valence-electron chi connectivity index (χ3n) is 9.56. The van der Waals surface area contributed by atoms with Crippen molar-refractivity contribution in [2.45, 2.75) is 88.9 Å². The van der Waals surface area contributed by atoms with Gasteiger partial charge in [0.05, 0.1) is 11.6 Å². The van der Waals surface area contributed by atoms with Crippen LogP contribution in [0, 0.1) is 23.2 Å². The molecule has 4 atom stereocenters. The van der Waals surface area contributed by atoms with Crippen LogP contribution in [0.3, 0.4) is 0 Å². The number of hydrogen-bond acceptors (Lipinski definition) is 3. The highest BCUT2D eigenvalue weighted by Gasteiger charge is 2.60. The monoisotopic (exact) mass is 483 g/mol. The molecule has 1 aromatic heterocycles. The molecule has 0 radical (unpaired) electrons. The third kappa shape index (κ3) is 3.91. The molecule has 2 saturated heterocycles. The molecule has 8 heteroatoms. The predicted molar refractivity (Wildman–Crippen MR) is 123 cm³/mol. The number of hydrogen-bond donors (Lipinski definition) is 0. The Morgan fingerprint density at radius 3 is 2.36 bits per heavy atom. The van der Waals surface area contributed by atoms with Crippen LogP contribution in [0.15, 0.2) is 6.07 Å². The summed E-state index contributed by atoms with van der Waals surface area (Å²) in [5.74, 6) is 2.88. The van der Waals surface area contributed by atoms with Crippen LogP contribution in [-0.2, 0) is 10.8 Å². The Morgan fingerprint density at radius 1 is 1.12 bits per heavy atom. The lowest BCUT2D eigenvalue weighted by atomic mass is 9.80. The van der Waals surface area contributed by atoms with E-state index in [1.807, 2.05) is 0 Å². The summed E-state index contributed by atoms with van der Waals surface area (Å²) in [5.41, 5.74) is 2.71. The Kier molecular flexibility index (Phi) is 5.34. The molecule has 5 aliphatic rings. The van der Waals surface area contributed by atoms with Crippen LogP contribution in [0.2, 0.25) is 0 Å². The first-order chi connectivity index (χ1) is 15.6. The summed E-state index contributed by atoms with van der Waals surface area (Å²) < 4.78 is 53.1. The van der Waals surface area contributed by atoms with Gasteiger partial charge in [0.25, 0.3) is 0 Å². The molecular formula is C25H36F3N3OS. The number of likely N-dealkylation sites (tertiary alicyclic amines) is 1. The average molecular weight is 484 g/mol. The van der Waals surface area contributed by atoms with Crippen molar-refractivity contribution in [2.24, 2.45) is 23.2 Å². The van der Waals surface area contributed by atoms with Gasteiger partial charge in [0.15, 0.2) is 0 Å². The molecule has 0 N–H and O–H groups in total. The van der Waals surface area contributed by atoms with Gasteiger partial charge in [0, 0.05) is 63.9 Å². The highest BCUT2D eigenvalue weighted by molar-refractivity contribution is 7.86. The fraction of sp³-hybridized carbons (Fsp3) is 0.880. The number of nitrogens with zero attached hydrogens (tertiary/aromatic N) is 3. The number of alkyl halides is 3. The maximum absolute atomic E-state index is 13.1. The maximum Gasteiger partial charge on any atom is 0.391 e. The summed E-state index contributed by atoms with van der Waals surface area (Å²) >= 11 is 0. The fourth-order valence-electron chi connectivity index (χ4n) is 7.71. The normalized spacial score (nSPS) is 43.3. The van der Waals surface area contributed by atoms with Crippen LogP contribution in [0.4, 0.5) is 13.2 Å².